The first-order valence-corrected chi connectivity index (χ1v) is 7.72. The molecule has 2 rings (SSSR count). The van der Waals surface area contributed by atoms with Crippen LogP contribution in [0.2, 0.25) is 0 Å². The van der Waals surface area contributed by atoms with Crippen LogP contribution in [0.25, 0.3) is 0 Å². The smallest absolute Gasteiger partial charge is 0.257 e. The van der Waals surface area contributed by atoms with Gasteiger partial charge in [0.15, 0.2) is 0 Å². The largest absolute Gasteiger partial charge is 0.354 e. The third-order valence-electron chi connectivity index (χ3n) is 3.72. The summed E-state index contributed by atoms with van der Waals surface area (Å²) >= 11 is 0. The summed E-state index contributed by atoms with van der Waals surface area (Å²) in [6.45, 7) is 6.77. The maximum absolute atomic E-state index is 12.4. The topological polar surface area (TPSA) is 78.4 Å². The molecule has 1 aliphatic rings. The summed E-state index contributed by atoms with van der Waals surface area (Å²) in [5.41, 5.74) is 0.484. The molecule has 0 bridgehead atoms. The number of nitrogens with one attached hydrogen (secondary N) is 1. The summed E-state index contributed by atoms with van der Waals surface area (Å²) < 4.78 is 0. The number of carbonyl (C=O) groups excluding carboxylic acids is 2. The molecule has 1 aliphatic heterocycles. The van der Waals surface area contributed by atoms with Gasteiger partial charge in [0.05, 0.1) is 5.56 Å². The number of amides is 2. The van der Waals surface area contributed by atoms with E-state index in [1.807, 2.05) is 0 Å². The second kappa shape index (κ2) is 7.72. The van der Waals surface area contributed by atoms with Crippen molar-refractivity contribution in [2.75, 3.05) is 38.0 Å². The SMILES string of the molecule is CCCCNc1ncc(C(=O)N2CCN(C(C)=O)CC2)cn1. The van der Waals surface area contributed by atoms with Crippen molar-refractivity contribution in [2.45, 2.75) is 26.7 Å². The predicted molar refractivity (Wildman–Crippen MR) is 83.6 cm³/mol. The van der Waals surface area contributed by atoms with Crippen molar-refractivity contribution in [2.24, 2.45) is 0 Å². The minimum absolute atomic E-state index is 0.0536. The molecule has 0 atom stereocenters. The number of rotatable bonds is 5. The van der Waals surface area contributed by atoms with Gasteiger partial charge in [-0.3, -0.25) is 9.59 Å². The zero-order chi connectivity index (χ0) is 15.9. The van der Waals surface area contributed by atoms with Crippen molar-refractivity contribution >= 4 is 17.8 Å². The number of anilines is 1. The fraction of sp³-hybridized carbons (Fsp3) is 0.600. The highest BCUT2D eigenvalue weighted by Crippen LogP contribution is 2.09. The number of unbranched alkanes of at least 4 members (excludes halogenated alkanes) is 1. The summed E-state index contributed by atoms with van der Waals surface area (Å²) in [6, 6.07) is 0. The van der Waals surface area contributed by atoms with Crippen molar-refractivity contribution in [3.8, 4) is 0 Å². The molecule has 2 heterocycles. The Morgan fingerprint density at radius 1 is 1.14 bits per heavy atom. The van der Waals surface area contributed by atoms with Gasteiger partial charge in [0, 0.05) is 52.0 Å². The van der Waals surface area contributed by atoms with Crippen molar-refractivity contribution in [3.63, 3.8) is 0 Å². The van der Waals surface area contributed by atoms with Crippen LogP contribution in [0, 0.1) is 0 Å². The third kappa shape index (κ3) is 4.16. The molecule has 1 fully saturated rings. The second-order valence-electron chi connectivity index (χ2n) is 5.37. The number of hydrogen-bond acceptors (Lipinski definition) is 5. The van der Waals surface area contributed by atoms with Gasteiger partial charge < -0.3 is 15.1 Å². The predicted octanol–water partition coefficient (Wildman–Crippen LogP) is 0.993. The molecular formula is C15H23N5O2. The van der Waals surface area contributed by atoms with Crippen molar-refractivity contribution in [3.05, 3.63) is 18.0 Å². The van der Waals surface area contributed by atoms with Gasteiger partial charge in [-0.2, -0.15) is 0 Å². The summed E-state index contributed by atoms with van der Waals surface area (Å²) in [5.74, 6) is 0.521. The highest BCUT2D eigenvalue weighted by molar-refractivity contribution is 5.93. The van der Waals surface area contributed by atoms with Gasteiger partial charge in [0.1, 0.15) is 0 Å². The molecule has 1 aromatic heterocycles. The molecule has 0 unspecified atom stereocenters. The summed E-state index contributed by atoms with van der Waals surface area (Å²) in [5, 5.41) is 3.12. The quantitative estimate of drug-likeness (QED) is 0.821. The average Bonchev–Trinajstić information content (AvgIpc) is 2.55. The maximum atomic E-state index is 12.4. The molecule has 1 saturated heterocycles. The van der Waals surface area contributed by atoms with Crippen LogP contribution in [-0.4, -0.2) is 64.3 Å². The van der Waals surface area contributed by atoms with E-state index in [0.717, 1.165) is 19.4 Å². The first kappa shape index (κ1) is 16.2. The Balaban J connectivity index is 1.89. The molecule has 0 saturated carbocycles. The fourth-order valence-corrected chi connectivity index (χ4v) is 2.31. The van der Waals surface area contributed by atoms with E-state index in [4.69, 9.17) is 0 Å². The third-order valence-corrected chi connectivity index (χ3v) is 3.72. The van der Waals surface area contributed by atoms with Gasteiger partial charge >= 0.3 is 0 Å². The van der Waals surface area contributed by atoms with E-state index in [2.05, 4.69) is 22.2 Å². The Bertz CT molecular complexity index is 509. The Morgan fingerprint density at radius 2 is 1.73 bits per heavy atom. The Kier molecular flexibility index (Phi) is 5.68. The lowest BCUT2D eigenvalue weighted by molar-refractivity contribution is -0.130. The summed E-state index contributed by atoms with van der Waals surface area (Å²) in [4.78, 5) is 35.5. The lowest BCUT2D eigenvalue weighted by Gasteiger charge is -2.34. The highest BCUT2D eigenvalue weighted by atomic mass is 16.2. The molecule has 7 nitrogen and oxygen atoms in total. The van der Waals surface area contributed by atoms with Crippen LogP contribution in [-0.2, 0) is 4.79 Å². The first-order chi connectivity index (χ1) is 10.6. The van der Waals surface area contributed by atoms with Crippen LogP contribution >= 0.6 is 0 Å². The van der Waals surface area contributed by atoms with Gasteiger partial charge in [0.2, 0.25) is 11.9 Å². The van der Waals surface area contributed by atoms with Gasteiger partial charge in [0.25, 0.3) is 5.91 Å². The molecule has 0 aromatic carbocycles. The van der Waals surface area contributed by atoms with E-state index >= 15 is 0 Å². The van der Waals surface area contributed by atoms with E-state index in [9.17, 15) is 9.59 Å². The number of hydrogen-bond donors (Lipinski definition) is 1. The van der Waals surface area contributed by atoms with Crippen LogP contribution in [0.15, 0.2) is 12.4 Å². The van der Waals surface area contributed by atoms with Crippen LogP contribution in [0.3, 0.4) is 0 Å². The zero-order valence-electron chi connectivity index (χ0n) is 13.2. The van der Waals surface area contributed by atoms with Crippen molar-refractivity contribution in [1.29, 1.82) is 0 Å². The fourth-order valence-electron chi connectivity index (χ4n) is 2.31. The minimum atomic E-state index is -0.0803. The van der Waals surface area contributed by atoms with Gasteiger partial charge in [-0.15, -0.1) is 0 Å². The molecule has 1 N–H and O–H groups in total. The molecule has 7 heteroatoms. The van der Waals surface area contributed by atoms with Crippen LogP contribution in [0.1, 0.15) is 37.0 Å². The minimum Gasteiger partial charge on any atom is -0.354 e. The molecule has 22 heavy (non-hydrogen) atoms. The highest BCUT2D eigenvalue weighted by Gasteiger charge is 2.23. The van der Waals surface area contributed by atoms with Gasteiger partial charge in [-0.1, -0.05) is 13.3 Å². The molecule has 1 aromatic rings. The standard InChI is InChI=1S/C15H23N5O2/c1-3-4-5-16-15-17-10-13(11-18-15)14(22)20-8-6-19(7-9-20)12(2)21/h10-11H,3-9H2,1-2H3,(H,16,17,18). The van der Waals surface area contributed by atoms with Crippen LogP contribution in [0.5, 0.6) is 0 Å². The van der Waals surface area contributed by atoms with Gasteiger partial charge in [-0.05, 0) is 6.42 Å². The zero-order valence-corrected chi connectivity index (χ0v) is 13.2. The normalized spacial score (nSPS) is 14.8. The average molecular weight is 305 g/mol. The Labute approximate surface area is 130 Å². The van der Waals surface area contributed by atoms with Crippen molar-refractivity contribution in [1.82, 2.24) is 19.8 Å². The molecule has 120 valence electrons. The summed E-state index contributed by atoms with van der Waals surface area (Å²) in [7, 11) is 0. The second-order valence-corrected chi connectivity index (χ2v) is 5.37. The summed E-state index contributed by atoms with van der Waals surface area (Å²) in [6.07, 6.45) is 5.28. The first-order valence-electron chi connectivity index (χ1n) is 7.72. The lowest BCUT2D eigenvalue weighted by Crippen LogP contribution is -2.50. The molecule has 2 amide bonds. The van der Waals surface area contributed by atoms with E-state index in [0.29, 0.717) is 37.7 Å². The van der Waals surface area contributed by atoms with E-state index in [1.54, 1.807) is 29.1 Å². The number of piperazine rings is 1. The lowest BCUT2D eigenvalue weighted by atomic mass is 10.2. The van der Waals surface area contributed by atoms with Crippen molar-refractivity contribution < 1.29 is 9.59 Å². The number of aromatic nitrogens is 2. The van der Waals surface area contributed by atoms with Gasteiger partial charge in [-0.25, -0.2) is 9.97 Å². The molecular weight excluding hydrogens is 282 g/mol. The van der Waals surface area contributed by atoms with E-state index in [-0.39, 0.29) is 11.8 Å². The van der Waals surface area contributed by atoms with Crippen LogP contribution < -0.4 is 5.32 Å². The monoisotopic (exact) mass is 305 g/mol. The maximum Gasteiger partial charge on any atom is 0.257 e. The Hall–Kier alpha value is -2.18. The van der Waals surface area contributed by atoms with E-state index < -0.39 is 0 Å². The van der Waals surface area contributed by atoms with Crippen LogP contribution in [0.4, 0.5) is 5.95 Å². The van der Waals surface area contributed by atoms with E-state index in [1.165, 1.54) is 0 Å². The molecule has 0 spiro atoms. The number of carbonyl (C=O) groups is 2. The number of nitrogens with zero attached hydrogens (tertiary/aromatic N) is 4. The molecule has 0 aliphatic carbocycles. The Morgan fingerprint density at radius 3 is 2.27 bits per heavy atom. The molecule has 0 radical (unpaired) electrons.